The number of hydrogen-bond acceptors (Lipinski definition) is 5. The number of benzene rings is 1. The minimum Gasteiger partial charge on any atom is -0.491 e. The molecule has 8 nitrogen and oxygen atoms in total. The number of hydrogen-bond donors (Lipinski definition) is 1. The number of ether oxygens (including phenoxy) is 2. The summed E-state index contributed by atoms with van der Waals surface area (Å²) in [5, 5.41) is 2.28. The van der Waals surface area contributed by atoms with Gasteiger partial charge in [-0.25, -0.2) is 13.2 Å². The van der Waals surface area contributed by atoms with Crippen LogP contribution in [0.4, 0.5) is 13.2 Å². The smallest absolute Gasteiger partial charge is 0.276 e. The summed E-state index contributed by atoms with van der Waals surface area (Å²) >= 11 is 0. The number of nitrogens with zero attached hydrogens (tertiary/aromatic N) is 2. The number of carbonyl (C=O) groups excluding carboxylic acids is 2. The largest absolute Gasteiger partial charge is 0.491 e. The lowest BCUT2D eigenvalue weighted by molar-refractivity contribution is -0.148. The van der Waals surface area contributed by atoms with Gasteiger partial charge < -0.3 is 24.3 Å². The number of methoxy groups -OCH3 is 1. The predicted octanol–water partition coefficient (Wildman–Crippen LogP) is 1.79. The molecule has 4 aliphatic rings. The van der Waals surface area contributed by atoms with Gasteiger partial charge in [-0.15, -0.1) is 0 Å². The normalized spacial score (nSPS) is 30.0. The molecule has 1 saturated heterocycles. The Bertz CT molecular complexity index is 1320. The Balaban J connectivity index is 1.32. The molecular weight excluding hydrogens is 455 g/mol. The fraction of sp³-hybridized carbons (Fsp3) is 0.435. The molecule has 5 atom stereocenters. The van der Waals surface area contributed by atoms with Crippen LogP contribution in [0.3, 0.4) is 0 Å². The first-order chi connectivity index (χ1) is 16.2. The van der Waals surface area contributed by atoms with E-state index in [2.05, 4.69) is 12.2 Å². The van der Waals surface area contributed by atoms with Gasteiger partial charge in [0.1, 0.15) is 23.0 Å². The zero-order valence-corrected chi connectivity index (χ0v) is 18.2. The van der Waals surface area contributed by atoms with Crippen molar-refractivity contribution in [3.05, 3.63) is 62.8 Å². The van der Waals surface area contributed by atoms with Crippen LogP contribution in [-0.2, 0) is 17.8 Å². The summed E-state index contributed by atoms with van der Waals surface area (Å²) in [4.78, 5) is 40.9. The summed E-state index contributed by atoms with van der Waals surface area (Å²) < 4.78 is 53.8. The van der Waals surface area contributed by atoms with E-state index in [0.29, 0.717) is 18.1 Å². The molecule has 2 unspecified atom stereocenters. The van der Waals surface area contributed by atoms with Crippen molar-refractivity contribution < 1.29 is 32.2 Å². The van der Waals surface area contributed by atoms with E-state index < -0.39 is 53.0 Å². The molecule has 1 aromatic carbocycles. The summed E-state index contributed by atoms with van der Waals surface area (Å²) in [6, 6.07) is 1.05. The Morgan fingerprint density at radius 1 is 1.26 bits per heavy atom. The van der Waals surface area contributed by atoms with E-state index >= 15 is 0 Å². The van der Waals surface area contributed by atoms with E-state index in [0.717, 1.165) is 6.42 Å². The number of pyridine rings is 1. The highest BCUT2D eigenvalue weighted by molar-refractivity contribution is 5.99. The van der Waals surface area contributed by atoms with Gasteiger partial charge in [0.05, 0.1) is 19.8 Å². The Labute approximate surface area is 191 Å². The molecule has 1 N–H and O–H groups in total. The van der Waals surface area contributed by atoms with Crippen molar-refractivity contribution >= 4 is 11.8 Å². The summed E-state index contributed by atoms with van der Waals surface area (Å²) in [6.45, 7) is 1.72. The third-order valence-electron chi connectivity index (χ3n) is 7.66. The molecular formula is C23H20F3N3O5. The number of halogens is 3. The van der Waals surface area contributed by atoms with Crippen LogP contribution in [0, 0.1) is 28.8 Å². The molecule has 0 spiro atoms. The molecule has 11 heteroatoms. The summed E-state index contributed by atoms with van der Waals surface area (Å²) in [5.41, 5.74) is -1.66. The standard InChI is InChI=1S/C23H20F3N3O5/c1-23-5-14-16(23)20(23)29-15(34-14)8-28-7-11(18(30)19(33-2)17(28)22(29)32)21(31)27-6-10-12(25)3-9(24)4-13(10)26/h3-4,7,14-16,20H,5-6,8H2,1-2H3,(H,27,31)/t14-,15?,16?,20-,23+/m1/s1. The Kier molecular flexibility index (Phi) is 4.27. The number of carbonyl (C=O) groups is 2. The third-order valence-corrected chi connectivity index (χ3v) is 7.66. The van der Waals surface area contributed by atoms with E-state index in [4.69, 9.17) is 9.47 Å². The van der Waals surface area contributed by atoms with E-state index in [1.165, 1.54) is 17.9 Å². The predicted molar refractivity (Wildman–Crippen MR) is 110 cm³/mol. The van der Waals surface area contributed by atoms with Gasteiger partial charge in [0.25, 0.3) is 11.8 Å². The van der Waals surface area contributed by atoms with Gasteiger partial charge in [-0.1, -0.05) is 6.92 Å². The van der Waals surface area contributed by atoms with E-state index in [-0.39, 0.29) is 41.1 Å². The average molecular weight is 475 g/mol. The van der Waals surface area contributed by atoms with Crippen LogP contribution in [0.2, 0.25) is 0 Å². The van der Waals surface area contributed by atoms with E-state index in [1.54, 1.807) is 4.90 Å². The van der Waals surface area contributed by atoms with Crippen molar-refractivity contribution in [1.29, 1.82) is 0 Å². The topological polar surface area (TPSA) is 89.9 Å². The molecule has 1 aromatic heterocycles. The van der Waals surface area contributed by atoms with Gasteiger partial charge in [0.15, 0.2) is 17.7 Å². The summed E-state index contributed by atoms with van der Waals surface area (Å²) in [6.07, 6.45) is 1.67. The van der Waals surface area contributed by atoms with Crippen molar-refractivity contribution in [3.8, 4) is 5.75 Å². The lowest BCUT2D eigenvalue weighted by Gasteiger charge is -2.42. The van der Waals surface area contributed by atoms with Gasteiger partial charge in [-0.05, 0) is 11.8 Å². The Morgan fingerprint density at radius 2 is 1.97 bits per heavy atom. The minimum atomic E-state index is -1.16. The van der Waals surface area contributed by atoms with Crippen molar-refractivity contribution in [2.24, 2.45) is 11.3 Å². The SMILES string of the molecule is COc1c2n(cc(C(=O)NCc3c(F)cc(F)cc3F)c1=O)CC1O[C@@H]3C[C@@]4(C)C3[C@H]4N1C2=O. The van der Waals surface area contributed by atoms with E-state index in [1.807, 2.05) is 0 Å². The van der Waals surface area contributed by atoms with E-state index in [9.17, 15) is 27.6 Å². The molecule has 2 saturated carbocycles. The first kappa shape index (κ1) is 21.2. The second kappa shape index (κ2) is 6.84. The van der Waals surface area contributed by atoms with Crippen molar-refractivity contribution in [1.82, 2.24) is 14.8 Å². The first-order valence-corrected chi connectivity index (χ1v) is 10.9. The zero-order chi connectivity index (χ0) is 24.1. The minimum absolute atomic E-state index is 0.0351. The molecule has 2 aromatic rings. The molecule has 34 heavy (non-hydrogen) atoms. The van der Waals surface area contributed by atoms with Crippen LogP contribution in [0.25, 0.3) is 0 Å². The molecule has 178 valence electrons. The highest BCUT2D eigenvalue weighted by atomic mass is 19.1. The lowest BCUT2D eigenvalue weighted by atomic mass is 9.84. The Morgan fingerprint density at radius 3 is 2.65 bits per heavy atom. The number of aromatic nitrogens is 1. The Hall–Kier alpha value is -3.34. The fourth-order valence-electron chi connectivity index (χ4n) is 5.97. The van der Waals surface area contributed by atoms with Gasteiger partial charge in [0.2, 0.25) is 5.43 Å². The quantitative estimate of drug-likeness (QED) is 0.729. The number of nitrogens with one attached hydrogen (secondary N) is 1. The van der Waals surface area contributed by atoms with Crippen molar-refractivity contribution in [2.75, 3.05) is 7.11 Å². The van der Waals surface area contributed by atoms with Gasteiger partial charge in [0, 0.05) is 42.4 Å². The maximum absolute atomic E-state index is 13.9. The molecule has 6 rings (SSSR count). The van der Waals surface area contributed by atoms with Crippen LogP contribution in [-0.4, -0.2) is 46.8 Å². The van der Waals surface area contributed by atoms with Crippen molar-refractivity contribution in [3.63, 3.8) is 0 Å². The fourth-order valence-corrected chi connectivity index (χ4v) is 5.97. The van der Waals surface area contributed by atoms with Crippen molar-refractivity contribution in [2.45, 2.75) is 44.8 Å². The van der Waals surface area contributed by atoms with Crippen LogP contribution in [0.15, 0.2) is 23.1 Å². The van der Waals surface area contributed by atoms with Crippen LogP contribution >= 0.6 is 0 Å². The monoisotopic (exact) mass is 475 g/mol. The van der Waals surface area contributed by atoms with Crippen LogP contribution in [0.1, 0.15) is 39.8 Å². The molecule has 2 amide bonds. The molecule has 2 aliphatic heterocycles. The maximum Gasteiger partial charge on any atom is 0.276 e. The maximum atomic E-state index is 13.9. The third kappa shape index (κ3) is 2.67. The average Bonchev–Trinajstić information content (AvgIpc) is 3.31. The zero-order valence-electron chi connectivity index (χ0n) is 18.2. The van der Waals surface area contributed by atoms with Crippen LogP contribution < -0.4 is 15.5 Å². The number of amides is 2. The molecule has 0 bridgehead atoms. The number of fused-ring (bicyclic) bond motifs is 4. The summed E-state index contributed by atoms with van der Waals surface area (Å²) in [7, 11) is 1.23. The second-order valence-corrected chi connectivity index (χ2v) is 9.46. The molecule has 2 aliphatic carbocycles. The number of rotatable bonds is 4. The van der Waals surface area contributed by atoms with Gasteiger partial charge in [-0.3, -0.25) is 14.4 Å². The van der Waals surface area contributed by atoms with Gasteiger partial charge >= 0.3 is 0 Å². The molecule has 0 radical (unpaired) electrons. The molecule has 3 heterocycles. The first-order valence-electron chi connectivity index (χ1n) is 10.9. The van der Waals surface area contributed by atoms with Gasteiger partial charge in [-0.2, -0.15) is 0 Å². The molecule has 3 fully saturated rings. The second-order valence-electron chi connectivity index (χ2n) is 9.46. The lowest BCUT2D eigenvalue weighted by Crippen LogP contribution is -2.55. The highest BCUT2D eigenvalue weighted by Crippen LogP contribution is 2.73. The van der Waals surface area contributed by atoms with Crippen LogP contribution in [0.5, 0.6) is 5.75 Å². The summed E-state index contributed by atoms with van der Waals surface area (Å²) in [5.74, 6) is -4.71. The highest BCUT2D eigenvalue weighted by Gasteiger charge is 2.79.